The van der Waals surface area contributed by atoms with Crippen LogP contribution < -0.4 is 0 Å². The van der Waals surface area contributed by atoms with E-state index >= 15 is 0 Å². The minimum Gasteiger partial charge on any atom is -0.469 e. The molecular formula is C22H21NO3. The first-order chi connectivity index (χ1) is 12.6. The summed E-state index contributed by atoms with van der Waals surface area (Å²) in [6.07, 6.45) is 1.38. The fourth-order valence-corrected chi connectivity index (χ4v) is 3.02. The summed E-state index contributed by atoms with van der Waals surface area (Å²) in [7, 11) is 1.40. The van der Waals surface area contributed by atoms with Crippen molar-refractivity contribution in [3.63, 3.8) is 0 Å². The van der Waals surface area contributed by atoms with Crippen molar-refractivity contribution >= 4 is 22.7 Å². The number of fused-ring (bicyclic) bond motifs is 1. The number of rotatable bonds is 6. The van der Waals surface area contributed by atoms with Gasteiger partial charge in [0, 0.05) is 23.8 Å². The number of hydrogen-bond acceptors (Lipinski definition) is 4. The average molecular weight is 347 g/mol. The Labute approximate surface area is 152 Å². The maximum absolute atomic E-state index is 11.5. The number of esters is 1. The van der Waals surface area contributed by atoms with Crippen molar-refractivity contribution in [2.45, 2.75) is 26.2 Å². The van der Waals surface area contributed by atoms with Gasteiger partial charge in [-0.2, -0.15) is 0 Å². The first-order valence-electron chi connectivity index (χ1n) is 8.61. The van der Waals surface area contributed by atoms with Crippen LogP contribution in [-0.2, 0) is 27.2 Å². The molecule has 0 spiro atoms. The Morgan fingerprint density at radius 2 is 1.77 bits per heavy atom. The van der Waals surface area contributed by atoms with Gasteiger partial charge in [-0.05, 0) is 36.6 Å². The van der Waals surface area contributed by atoms with Gasteiger partial charge in [0.05, 0.1) is 18.3 Å². The van der Waals surface area contributed by atoms with Gasteiger partial charge in [0.1, 0.15) is 5.78 Å². The topological polar surface area (TPSA) is 56.3 Å². The molecule has 26 heavy (non-hydrogen) atoms. The molecule has 0 saturated carbocycles. The van der Waals surface area contributed by atoms with Crippen molar-refractivity contribution in [3.05, 3.63) is 65.7 Å². The number of hydrogen-bond donors (Lipinski definition) is 0. The lowest BCUT2D eigenvalue weighted by Gasteiger charge is -2.10. The molecule has 4 nitrogen and oxygen atoms in total. The van der Waals surface area contributed by atoms with Crippen molar-refractivity contribution in [1.29, 1.82) is 0 Å². The van der Waals surface area contributed by atoms with E-state index in [0.717, 1.165) is 33.3 Å². The number of nitrogens with zero attached hydrogens (tertiary/aromatic N) is 1. The second-order valence-corrected chi connectivity index (χ2v) is 6.34. The van der Waals surface area contributed by atoms with Gasteiger partial charge in [-0.3, -0.25) is 9.59 Å². The maximum atomic E-state index is 11.5. The fraction of sp³-hybridized carbons (Fsp3) is 0.227. The SMILES string of the molecule is COC(=O)CCc1cc(-c2ccc(CC(C)=O)cc2)nc2ccccc12. The van der Waals surface area contributed by atoms with E-state index in [-0.39, 0.29) is 11.8 Å². The van der Waals surface area contributed by atoms with E-state index in [1.807, 2.05) is 54.6 Å². The van der Waals surface area contributed by atoms with Gasteiger partial charge >= 0.3 is 5.97 Å². The number of ether oxygens (including phenoxy) is 1. The molecule has 1 aromatic heterocycles. The highest BCUT2D eigenvalue weighted by Crippen LogP contribution is 2.26. The number of ketones is 1. The lowest BCUT2D eigenvalue weighted by molar-refractivity contribution is -0.140. The summed E-state index contributed by atoms with van der Waals surface area (Å²) in [5.74, 6) is -0.0762. The van der Waals surface area contributed by atoms with Crippen LogP contribution in [0.15, 0.2) is 54.6 Å². The Bertz CT molecular complexity index is 945. The van der Waals surface area contributed by atoms with E-state index in [1.54, 1.807) is 6.92 Å². The summed E-state index contributed by atoms with van der Waals surface area (Å²) in [6.45, 7) is 1.59. The van der Waals surface area contributed by atoms with E-state index in [4.69, 9.17) is 9.72 Å². The van der Waals surface area contributed by atoms with Crippen molar-refractivity contribution in [2.75, 3.05) is 7.11 Å². The molecule has 0 bridgehead atoms. The van der Waals surface area contributed by atoms with Crippen LogP contribution in [0.3, 0.4) is 0 Å². The first-order valence-corrected chi connectivity index (χ1v) is 8.61. The van der Waals surface area contributed by atoms with Gasteiger partial charge < -0.3 is 4.74 Å². The third kappa shape index (κ3) is 4.14. The molecule has 0 unspecified atom stereocenters. The highest BCUT2D eigenvalue weighted by atomic mass is 16.5. The Hall–Kier alpha value is -3.01. The normalized spacial score (nSPS) is 10.7. The number of carbonyl (C=O) groups is 2. The second-order valence-electron chi connectivity index (χ2n) is 6.34. The van der Waals surface area contributed by atoms with E-state index in [9.17, 15) is 9.59 Å². The fourth-order valence-electron chi connectivity index (χ4n) is 3.02. The number of para-hydroxylation sites is 1. The van der Waals surface area contributed by atoms with Crippen LogP contribution in [0.1, 0.15) is 24.5 Å². The molecule has 0 aliphatic carbocycles. The van der Waals surface area contributed by atoms with Gasteiger partial charge in [-0.1, -0.05) is 42.5 Å². The molecule has 3 rings (SSSR count). The number of methoxy groups -OCH3 is 1. The smallest absolute Gasteiger partial charge is 0.305 e. The molecule has 4 heteroatoms. The largest absolute Gasteiger partial charge is 0.469 e. The third-order valence-corrected chi connectivity index (χ3v) is 4.33. The lowest BCUT2D eigenvalue weighted by atomic mass is 9.99. The Balaban J connectivity index is 1.97. The molecule has 132 valence electrons. The summed E-state index contributed by atoms with van der Waals surface area (Å²) in [6, 6.07) is 17.9. The van der Waals surface area contributed by atoms with Crippen LogP contribution in [0.4, 0.5) is 0 Å². The summed E-state index contributed by atoms with van der Waals surface area (Å²) >= 11 is 0. The van der Waals surface area contributed by atoms with Crippen LogP contribution in [0.5, 0.6) is 0 Å². The van der Waals surface area contributed by atoms with Gasteiger partial charge in [0.15, 0.2) is 0 Å². The molecule has 3 aromatic rings. The van der Waals surface area contributed by atoms with Crippen LogP contribution in [0.2, 0.25) is 0 Å². The molecule has 0 aliphatic heterocycles. The highest BCUT2D eigenvalue weighted by Gasteiger charge is 2.10. The minimum absolute atomic E-state index is 0.145. The second kappa shape index (κ2) is 7.91. The number of benzene rings is 2. The molecule has 0 amide bonds. The van der Waals surface area contributed by atoms with Crippen molar-refractivity contribution in [2.24, 2.45) is 0 Å². The van der Waals surface area contributed by atoms with E-state index in [1.165, 1.54) is 7.11 Å². The molecule has 0 aliphatic rings. The monoisotopic (exact) mass is 347 g/mol. The molecule has 0 saturated heterocycles. The predicted octanol–water partition coefficient (Wildman–Crippen LogP) is 4.14. The Morgan fingerprint density at radius 1 is 1.04 bits per heavy atom. The number of aromatic nitrogens is 1. The van der Waals surface area contributed by atoms with Crippen LogP contribution in [0, 0.1) is 0 Å². The van der Waals surface area contributed by atoms with Crippen LogP contribution in [0.25, 0.3) is 22.2 Å². The molecular weight excluding hydrogens is 326 g/mol. The quantitative estimate of drug-likeness (QED) is 0.629. The number of pyridine rings is 1. The van der Waals surface area contributed by atoms with E-state index in [2.05, 4.69) is 0 Å². The van der Waals surface area contributed by atoms with E-state index in [0.29, 0.717) is 19.3 Å². The van der Waals surface area contributed by atoms with Gasteiger partial charge in [-0.15, -0.1) is 0 Å². The zero-order valence-corrected chi connectivity index (χ0v) is 15.0. The van der Waals surface area contributed by atoms with Crippen LogP contribution in [-0.4, -0.2) is 23.8 Å². The summed E-state index contributed by atoms with van der Waals surface area (Å²) in [5, 5.41) is 1.05. The molecule has 1 heterocycles. The average Bonchev–Trinajstić information content (AvgIpc) is 2.65. The Morgan fingerprint density at radius 3 is 2.46 bits per heavy atom. The van der Waals surface area contributed by atoms with Gasteiger partial charge in [0.25, 0.3) is 0 Å². The molecule has 0 radical (unpaired) electrons. The first kappa shape index (κ1) is 17.8. The zero-order chi connectivity index (χ0) is 18.5. The summed E-state index contributed by atoms with van der Waals surface area (Å²) in [5.41, 5.74) is 4.81. The van der Waals surface area contributed by atoms with Gasteiger partial charge in [-0.25, -0.2) is 4.98 Å². The number of carbonyl (C=O) groups excluding carboxylic acids is 2. The number of Topliss-reactive ketones (excluding diaryl/α,β-unsaturated/α-hetero) is 1. The third-order valence-electron chi connectivity index (χ3n) is 4.33. The maximum Gasteiger partial charge on any atom is 0.305 e. The van der Waals surface area contributed by atoms with Crippen molar-refractivity contribution in [3.8, 4) is 11.3 Å². The minimum atomic E-state index is -0.221. The molecule has 0 N–H and O–H groups in total. The molecule has 0 fully saturated rings. The highest BCUT2D eigenvalue weighted by molar-refractivity contribution is 5.86. The zero-order valence-electron chi connectivity index (χ0n) is 15.0. The Kier molecular flexibility index (Phi) is 5.42. The lowest BCUT2D eigenvalue weighted by Crippen LogP contribution is -2.03. The van der Waals surface area contributed by atoms with Crippen molar-refractivity contribution < 1.29 is 14.3 Å². The van der Waals surface area contributed by atoms with E-state index < -0.39 is 0 Å². The molecule has 0 atom stereocenters. The summed E-state index contributed by atoms with van der Waals surface area (Å²) in [4.78, 5) is 27.6. The van der Waals surface area contributed by atoms with Gasteiger partial charge in [0.2, 0.25) is 0 Å². The summed E-state index contributed by atoms with van der Waals surface area (Å²) < 4.78 is 4.76. The standard InChI is InChI=1S/C22H21NO3/c1-15(24)13-16-7-9-17(10-8-16)21-14-18(11-12-22(25)26-2)19-5-3-4-6-20(19)23-21/h3-10,14H,11-13H2,1-2H3. The van der Waals surface area contributed by atoms with Crippen molar-refractivity contribution in [1.82, 2.24) is 4.98 Å². The number of aryl methyl sites for hydroxylation is 1. The molecule has 2 aromatic carbocycles. The predicted molar refractivity (Wildman–Crippen MR) is 102 cm³/mol. The van der Waals surface area contributed by atoms with Crippen LogP contribution >= 0.6 is 0 Å².